The topological polar surface area (TPSA) is 103 Å². The second-order valence-corrected chi connectivity index (χ2v) is 5.36. The molecule has 7 nitrogen and oxygen atoms in total. The normalized spacial score (nSPS) is 11.4. The van der Waals surface area contributed by atoms with Crippen LogP contribution < -0.4 is 10.5 Å². The molecule has 0 aromatic carbocycles. The number of sulfonamides is 1. The summed E-state index contributed by atoms with van der Waals surface area (Å²) in [6.45, 7) is 0.207. The molecule has 3 N–H and O–H groups in total. The van der Waals surface area contributed by atoms with Crippen molar-refractivity contribution in [1.29, 1.82) is 0 Å². The van der Waals surface area contributed by atoms with Crippen molar-refractivity contribution in [3.63, 3.8) is 0 Å². The van der Waals surface area contributed by atoms with E-state index in [2.05, 4.69) is 14.8 Å². The zero-order chi connectivity index (χ0) is 13.2. The van der Waals surface area contributed by atoms with E-state index in [0.717, 1.165) is 0 Å². The van der Waals surface area contributed by atoms with Gasteiger partial charge in [-0.25, -0.2) is 8.42 Å². The van der Waals surface area contributed by atoms with E-state index in [1.54, 1.807) is 19.3 Å². The van der Waals surface area contributed by atoms with Gasteiger partial charge in [0.2, 0.25) is 0 Å². The SMILES string of the molecule is Cn1cc(CN)c(NS(=O)(=O)c2cccnc2)n1. The second kappa shape index (κ2) is 4.75. The van der Waals surface area contributed by atoms with Gasteiger partial charge in [0.15, 0.2) is 5.82 Å². The molecule has 0 saturated carbocycles. The van der Waals surface area contributed by atoms with E-state index >= 15 is 0 Å². The number of pyridine rings is 1. The molecule has 0 spiro atoms. The van der Waals surface area contributed by atoms with Crippen LogP contribution in [-0.4, -0.2) is 23.2 Å². The molecule has 0 bridgehead atoms. The number of nitrogens with zero attached hydrogens (tertiary/aromatic N) is 3. The van der Waals surface area contributed by atoms with Gasteiger partial charge in [-0.05, 0) is 12.1 Å². The van der Waals surface area contributed by atoms with E-state index in [9.17, 15) is 8.42 Å². The summed E-state index contributed by atoms with van der Waals surface area (Å²) in [5.41, 5.74) is 6.15. The lowest BCUT2D eigenvalue weighted by molar-refractivity contribution is 0.600. The summed E-state index contributed by atoms with van der Waals surface area (Å²) in [6, 6.07) is 3.01. The molecule has 0 aliphatic rings. The molecule has 8 heteroatoms. The van der Waals surface area contributed by atoms with Crippen molar-refractivity contribution in [2.45, 2.75) is 11.4 Å². The van der Waals surface area contributed by atoms with Crippen LogP contribution in [-0.2, 0) is 23.6 Å². The third-order valence-electron chi connectivity index (χ3n) is 2.30. The molecule has 0 aliphatic carbocycles. The van der Waals surface area contributed by atoms with Crippen molar-refractivity contribution >= 4 is 15.8 Å². The van der Waals surface area contributed by atoms with Crippen LogP contribution in [0.1, 0.15) is 5.56 Å². The fraction of sp³-hybridized carbons (Fsp3) is 0.200. The summed E-state index contributed by atoms with van der Waals surface area (Å²) in [7, 11) is -1.98. The van der Waals surface area contributed by atoms with Crippen molar-refractivity contribution in [2.24, 2.45) is 12.8 Å². The summed E-state index contributed by atoms with van der Waals surface area (Å²) < 4.78 is 28.0. The Labute approximate surface area is 105 Å². The Kier molecular flexibility index (Phi) is 3.30. The number of rotatable bonds is 4. The van der Waals surface area contributed by atoms with Gasteiger partial charge in [-0.1, -0.05) is 0 Å². The van der Waals surface area contributed by atoms with Gasteiger partial charge in [-0.2, -0.15) is 5.10 Å². The van der Waals surface area contributed by atoms with Crippen molar-refractivity contribution in [2.75, 3.05) is 4.72 Å². The smallest absolute Gasteiger partial charge is 0.264 e. The molecule has 0 unspecified atom stereocenters. The predicted octanol–water partition coefficient (Wildman–Crippen LogP) is 0.0746. The molecule has 0 amide bonds. The predicted molar refractivity (Wildman–Crippen MR) is 66.1 cm³/mol. The largest absolute Gasteiger partial charge is 0.326 e. The van der Waals surface area contributed by atoms with Crippen molar-refractivity contribution < 1.29 is 8.42 Å². The Bertz CT molecular complexity index is 636. The molecule has 0 fully saturated rings. The lowest BCUT2D eigenvalue weighted by Crippen LogP contribution is -2.15. The minimum atomic E-state index is -3.68. The van der Waals surface area contributed by atoms with E-state index in [-0.39, 0.29) is 17.3 Å². The standard InChI is InChI=1S/C10H13N5O2S/c1-15-7-8(5-11)10(13-15)14-18(16,17)9-3-2-4-12-6-9/h2-4,6-7H,5,11H2,1H3,(H,13,14). The molecule has 2 heterocycles. The number of aromatic nitrogens is 3. The van der Waals surface area contributed by atoms with Crippen molar-refractivity contribution in [3.05, 3.63) is 36.3 Å². The molecular formula is C10H13N5O2S. The van der Waals surface area contributed by atoms with Crippen LogP contribution in [0.5, 0.6) is 0 Å². The first kappa shape index (κ1) is 12.5. The molecule has 2 aromatic heterocycles. The van der Waals surface area contributed by atoms with E-state index in [1.807, 2.05) is 0 Å². The van der Waals surface area contributed by atoms with Crippen molar-refractivity contribution in [3.8, 4) is 0 Å². The molecule has 2 rings (SSSR count). The number of anilines is 1. The highest BCUT2D eigenvalue weighted by atomic mass is 32.2. The first-order valence-corrected chi connectivity index (χ1v) is 6.66. The third kappa shape index (κ3) is 2.49. The number of aryl methyl sites for hydroxylation is 1. The zero-order valence-corrected chi connectivity index (χ0v) is 10.6. The third-order valence-corrected chi connectivity index (χ3v) is 3.62. The Balaban J connectivity index is 2.34. The maximum absolute atomic E-state index is 12.0. The average molecular weight is 267 g/mol. The van der Waals surface area contributed by atoms with Crippen LogP contribution in [0.3, 0.4) is 0 Å². The fourth-order valence-corrected chi connectivity index (χ4v) is 2.47. The van der Waals surface area contributed by atoms with E-state index in [1.165, 1.54) is 23.1 Å². The van der Waals surface area contributed by atoms with Crippen LogP contribution >= 0.6 is 0 Å². The molecular weight excluding hydrogens is 254 g/mol. The van der Waals surface area contributed by atoms with Gasteiger partial charge in [0, 0.05) is 37.7 Å². The summed E-state index contributed by atoms with van der Waals surface area (Å²) in [6.07, 6.45) is 4.44. The van der Waals surface area contributed by atoms with Gasteiger partial charge in [0.1, 0.15) is 4.90 Å². The average Bonchev–Trinajstić information content (AvgIpc) is 2.70. The van der Waals surface area contributed by atoms with Gasteiger partial charge in [0.05, 0.1) is 0 Å². The summed E-state index contributed by atoms with van der Waals surface area (Å²) in [5, 5.41) is 4.02. The monoisotopic (exact) mass is 267 g/mol. The summed E-state index contributed by atoms with van der Waals surface area (Å²) in [5.74, 6) is 0.240. The quantitative estimate of drug-likeness (QED) is 0.816. The molecule has 0 aliphatic heterocycles. The second-order valence-electron chi connectivity index (χ2n) is 3.67. The minimum Gasteiger partial charge on any atom is -0.326 e. The van der Waals surface area contributed by atoms with Crippen LogP contribution in [0.2, 0.25) is 0 Å². The first-order chi connectivity index (χ1) is 8.53. The van der Waals surface area contributed by atoms with Crippen molar-refractivity contribution in [1.82, 2.24) is 14.8 Å². The molecule has 18 heavy (non-hydrogen) atoms. The van der Waals surface area contributed by atoms with E-state index in [4.69, 9.17) is 5.73 Å². The van der Waals surface area contributed by atoms with E-state index < -0.39 is 10.0 Å². The van der Waals surface area contributed by atoms with Crippen LogP contribution in [0.15, 0.2) is 35.6 Å². The lowest BCUT2D eigenvalue weighted by Gasteiger charge is -2.06. The molecule has 0 atom stereocenters. The summed E-state index contributed by atoms with van der Waals surface area (Å²) in [4.78, 5) is 3.85. The fourth-order valence-electron chi connectivity index (χ4n) is 1.47. The molecule has 2 aromatic rings. The highest BCUT2D eigenvalue weighted by Crippen LogP contribution is 2.17. The maximum Gasteiger partial charge on any atom is 0.264 e. The van der Waals surface area contributed by atoms with Crippen LogP contribution in [0.4, 0.5) is 5.82 Å². The highest BCUT2D eigenvalue weighted by molar-refractivity contribution is 7.92. The van der Waals surface area contributed by atoms with Gasteiger partial charge in [-0.3, -0.25) is 14.4 Å². The Hall–Kier alpha value is -1.93. The number of nitrogens with one attached hydrogen (secondary N) is 1. The molecule has 0 radical (unpaired) electrons. The first-order valence-electron chi connectivity index (χ1n) is 5.18. The van der Waals surface area contributed by atoms with Crippen LogP contribution in [0.25, 0.3) is 0 Å². The number of nitrogens with two attached hydrogens (primary N) is 1. The number of hydrogen-bond acceptors (Lipinski definition) is 5. The van der Waals surface area contributed by atoms with Gasteiger partial charge in [0.25, 0.3) is 10.0 Å². The summed E-state index contributed by atoms with van der Waals surface area (Å²) >= 11 is 0. The molecule has 0 saturated heterocycles. The van der Waals surface area contributed by atoms with Gasteiger partial charge < -0.3 is 5.73 Å². The maximum atomic E-state index is 12.0. The lowest BCUT2D eigenvalue weighted by atomic mass is 10.3. The Morgan fingerprint density at radius 2 is 2.28 bits per heavy atom. The number of hydrogen-bond donors (Lipinski definition) is 2. The minimum absolute atomic E-state index is 0.0821. The van der Waals surface area contributed by atoms with E-state index in [0.29, 0.717) is 5.56 Å². The molecule has 96 valence electrons. The highest BCUT2D eigenvalue weighted by Gasteiger charge is 2.17. The Morgan fingerprint density at radius 3 is 2.89 bits per heavy atom. The zero-order valence-electron chi connectivity index (χ0n) is 9.74. The van der Waals surface area contributed by atoms with Gasteiger partial charge >= 0.3 is 0 Å². The van der Waals surface area contributed by atoms with Crippen LogP contribution in [0, 0.1) is 0 Å². The van der Waals surface area contributed by atoms with Gasteiger partial charge in [-0.15, -0.1) is 0 Å². The Morgan fingerprint density at radius 1 is 1.50 bits per heavy atom.